The standard InChI is InChI=1S/C21H34O7/c1-15(23)27-18-13-19(28-21-11-7-8-12-26-21)17(14-22)16(18)9-5-3-4-6-10-20(24)25-2/h6,10,16-19,21-22H,3-5,7-9,11-14H2,1-2H3. The predicted octanol–water partition coefficient (Wildman–Crippen LogP) is 2.75. The third-order valence-corrected chi connectivity index (χ3v) is 5.58. The summed E-state index contributed by atoms with van der Waals surface area (Å²) in [6, 6.07) is 0. The van der Waals surface area contributed by atoms with E-state index in [2.05, 4.69) is 4.74 Å². The molecule has 0 aromatic rings. The number of methoxy groups -OCH3 is 1. The molecule has 1 saturated carbocycles. The summed E-state index contributed by atoms with van der Waals surface area (Å²) < 4.78 is 21.9. The van der Waals surface area contributed by atoms with Crippen LogP contribution in [0.3, 0.4) is 0 Å². The smallest absolute Gasteiger partial charge is 0.330 e. The highest BCUT2D eigenvalue weighted by atomic mass is 16.7. The van der Waals surface area contributed by atoms with E-state index in [-0.39, 0.29) is 48.9 Å². The second-order valence-corrected chi connectivity index (χ2v) is 7.57. The molecule has 1 aliphatic heterocycles. The van der Waals surface area contributed by atoms with Gasteiger partial charge in [0.1, 0.15) is 6.10 Å². The van der Waals surface area contributed by atoms with Gasteiger partial charge in [0.25, 0.3) is 0 Å². The fraction of sp³-hybridized carbons (Fsp3) is 0.810. The summed E-state index contributed by atoms with van der Waals surface area (Å²) in [7, 11) is 1.35. The molecule has 0 spiro atoms. The Balaban J connectivity index is 1.88. The molecule has 160 valence electrons. The summed E-state index contributed by atoms with van der Waals surface area (Å²) in [6.45, 7) is 2.13. The van der Waals surface area contributed by atoms with Crippen molar-refractivity contribution in [3.63, 3.8) is 0 Å². The number of esters is 2. The number of hydrogen-bond donors (Lipinski definition) is 1. The molecule has 5 unspecified atom stereocenters. The molecule has 5 atom stereocenters. The van der Waals surface area contributed by atoms with Gasteiger partial charge >= 0.3 is 11.9 Å². The molecule has 2 rings (SSSR count). The van der Waals surface area contributed by atoms with Crippen molar-refractivity contribution in [1.29, 1.82) is 0 Å². The number of ether oxygens (including phenoxy) is 4. The summed E-state index contributed by atoms with van der Waals surface area (Å²) in [5.41, 5.74) is 0. The van der Waals surface area contributed by atoms with E-state index in [0.717, 1.165) is 44.9 Å². The molecule has 0 aromatic heterocycles. The first-order valence-electron chi connectivity index (χ1n) is 10.3. The number of carbonyl (C=O) groups excluding carboxylic acids is 2. The lowest BCUT2D eigenvalue weighted by Crippen LogP contribution is -2.33. The molecule has 0 radical (unpaired) electrons. The minimum Gasteiger partial charge on any atom is -0.466 e. The third kappa shape index (κ3) is 7.18. The Bertz CT molecular complexity index is 513. The third-order valence-electron chi connectivity index (χ3n) is 5.58. The maximum Gasteiger partial charge on any atom is 0.330 e. The Morgan fingerprint density at radius 3 is 2.64 bits per heavy atom. The highest BCUT2D eigenvalue weighted by Crippen LogP contribution is 2.40. The van der Waals surface area contributed by atoms with Gasteiger partial charge in [-0.15, -0.1) is 0 Å². The fourth-order valence-corrected chi connectivity index (χ4v) is 4.19. The Labute approximate surface area is 167 Å². The summed E-state index contributed by atoms with van der Waals surface area (Å²) >= 11 is 0. The number of rotatable bonds is 10. The summed E-state index contributed by atoms with van der Waals surface area (Å²) in [5, 5.41) is 9.99. The molecule has 1 N–H and O–H groups in total. The molecule has 2 fully saturated rings. The van der Waals surface area contributed by atoms with Crippen molar-refractivity contribution in [2.24, 2.45) is 11.8 Å². The predicted molar refractivity (Wildman–Crippen MR) is 102 cm³/mol. The first-order chi connectivity index (χ1) is 13.5. The van der Waals surface area contributed by atoms with Crippen LogP contribution in [0.2, 0.25) is 0 Å². The topological polar surface area (TPSA) is 91.3 Å². The first-order valence-corrected chi connectivity index (χ1v) is 10.3. The van der Waals surface area contributed by atoms with Gasteiger partial charge in [-0.05, 0) is 38.5 Å². The minimum absolute atomic E-state index is 0.00205. The van der Waals surface area contributed by atoms with E-state index < -0.39 is 0 Å². The van der Waals surface area contributed by atoms with Crippen LogP contribution < -0.4 is 0 Å². The number of allylic oxidation sites excluding steroid dienone is 1. The molecule has 0 bridgehead atoms. The van der Waals surface area contributed by atoms with Crippen LogP contribution in [0.5, 0.6) is 0 Å². The number of aliphatic hydroxyl groups excluding tert-OH is 1. The average molecular weight is 398 g/mol. The van der Waals surface area contributed by atoms with Crippen LogP contribution in [0, 0.1) is 11.8 Å². The van der Waals surface area contributed by atoms with Crippen molar-refractivity contribution in [3.8, 4) is 0 Å². The SMILES string of the molecule is COC(=O)C=CCCCCC1C(OC(C)=O)CC(OC2CCCCO2)C1CO. The zero-order chi connectivity index (χ0) is 20.4. The lowest BCUT2D eigenvalue weighted by Gasteiger charge is -2.29. The fourth-order valence-electron chi connectivity index (χ4n) is 4.19. The Morgan fingerprint density at radius 2 is 2.00 bits per heavy atom. The van der Waals surface area contributed by atoms with Crippen LogP contribution in [0.25, 0.3) is 0 Å². The minimum atomic E-state index is -0.351. The highest BCUT2D eigenvalue weighted by molar-refractivity contribution is 5.81. The quantitative estimate of drug-likeness (QED) is 0.344. The van der Waals surface area contributed by atoms with Gasteiger partial charge in [-0.25, -0.2) is 4.79 Å². The van der Waals surface area contributed by atoms with Crippen molar-refractivity contribution in [3.05, 3.63) is 12.2 Å². The number of unbranched alkanes of at least 4 members (excludes halogenated alkanes) is 2. The summed E-state index contributed by atoms with van der Waals surface area (Å²) in [4.78, 5) is 22.6. The maximum absolute atomic E-state index is 11.5. The van der Waals surface area contributed by atoms with Gasteiger partial charge < -0.3 is 24.1 Å². The normalized spacial score (nSPS) is 30.5. The zero-order valence-corrected chi connectivity index (χ0v) is 17.0. The van der Waals surface area contributed by atoms with Gasteiger partial charge in [-0.3, -0.25) is 4.79 Å². The largest absolute Gasteiger partial charge is 0.466 e. The molecule has 28 heavy (non-hydrogen) atoms. The van der Waals surface area contributed by atoms with Gasteiger partial charge in [0.15, 0.2) is 6.29 Å². The molecule has 0 aromatic carbocycles. The van der Waals surface area contributed by atoms with E-state index in [1.165, 1.54) is 20.1 Å². The van der Waals surface area contributed by atoms with Crippen molar-refractivity contribution in [1.82, 2.24) is 0 Å². The van der Waals surface area contributed by atoms with Crippen molar-refractivity contribution in [2.45, 2.75) is 76.8 Å². The van der Waals surface area contributed by atoms with Crippen molar-refractivity contribution in [2.75, 3.05) is 20.3 Å². The maximum atomic E-state index is 11.5. The van der Waals surface area contributed by atoms with Crippen LogP contribution in [0.4, 0.5) is 0 Å². The Morgan fingerprint density at radius 1 is 1.18 bits per heavy atom. The van der Waals surface area contributed by atoms with E-state index >= 15 is 0 Å². The molecular formula is C21H34O7. The van der Waals surface area contributed by atoms with Crippen LogP contribution in [0.15, 0.2) is 12.2 Å². The summed E-state index contributed by atoms with van der Waals surface area (Å²) in [6.07, 6.45) is 9.63. The van der Waals surface area contributed by atoms with Gasteiger partial charge in [0, 0.05) is 44.5 Å². The molecular weight excluding hydrogens is 364 g/mol. The van der Waals surface area contributed by atoms with E-state index in [4.69, 9.17) is 14.2 Å². The van der Waals surface area contributed by atoms with Gasteiger partial charge in [0.05, 0.1) is 13.2 Å². The molecule has 1 saturated heterocycles. The number of aliphatic hydroxyl groups is 1. The molecule has 2 aliphatic rings. The van der Waals surface area contributed by atoms with Gasteiger partial charge in [0.2, 0.25) is 0 Å². The monoisotopic (exact) mass is 398 g/mol. The van der Waals surface area contributed by atoms with Crippen LogP contribution in [0.1, 0.15) is 58.3 Å². The zero-order valence-electron chi connectivity index (χ0n) is 17.0. The van der Waals surface area contributed by atoms with Gasteiger partial charge in [-0.2, -0.15) is 0 Å². The Kier molecular flexibility index (Phi) is 9.95. The Hall–Kier alpha value is -1.44. The van der Waals surface area contributed by atoms with Crippen LogP contribution >= 0.6 is 0 Å². The second kappa shape index (κ2) is 12.2. The lowest BCUT2D eigenvalue weighted by molar-refractivity contribution is -0.198. The van der Waals surface area contributed by atoms with Crippen LogP contribution in [-0.2, 0) is 28.5 Å². The van der Waals surface area contributed by atoms with E-state index in [1.54, 1.807) is 6.08 Å². The van der Waals surface area contributed by atoms with Crippen molar-refractivity contribution < 1.29 is 33.6 Å². The highest BCUT2D eigenvalue weighted by Gasteiger charge is 2.45. The molecule has 1 heterocycles. The number of hydrogen-bond acceptors (Lipinski definition) is 7. The van der Waals surface area contributed by atoms with Crippen LogP contribution in [-0.4, -0.2) is 55.9 Å². The first kappa shape index (κ1) is 22.8. The average Bonchev–Trinajstić information content (AvgIpc) is 3.00. The molecule has 7 heteroatoms. The van der Waals surface area contributed by atoms with E-state index in [0.29, 0.717) is 13.0 Å². The molecule has 1 aliphatic carbocycles. The summed E-state index contributed by atoms with van der Waals surface area (Å²) in [5.74, 6) is -0.661. The van der Waals surface area contributed by atoms with E-state index in [9.17, 15) is 14.7 Å². The molecule has 0 amide bonds. The van der Waals surface area contributed by atoms with Crippen molar-refractivity contribution >= 4 is 11.9 Å². The van der Waals surface area contributed by atoms with E-state index in [1.807, 2.05) is 0 Å². The number of carbonyl (C=O) groups is 2. The lowest BCUT2D eigenvalue weighted by atomic mass is 9.89. The van der Waals surface area contributed by atoms with Gasteiger partial charge in [-0.1, -0.05) is 12.5 Å². The molecule has 7 nitrogen and oxygen atoms in total. The second-order valence-electron chi connectivity index (χ2n) is 7.57.